The van der Waals surface area contributed by atoms with Crippen LogP contribution in [0.15, 0.2) is 47.4 Å². The van der Waals surface area contributed by atoms with Crippen molar-refractivity contribution in [1.29, 1.82) is 0 Å². The molecule has 0 amide bonds. The zero-order valence-corrected chi connectivity index (χ0v) is 17.2. The van der Waals surface area contributed by atoms with Gasteiger partial charge in [-0.2, -0.15) is 4.31 Å². The summed E-state index contributed by atoms with van der Waals surface area (Å²) in [6.07, 6.45) is 2.76. The summed E-state index contributed by atoms with van der Waals surface area (Å²) >= 11 is 5.76. The molecule has 2 aromatic carbocycles. The Bertz CT molecular complexity index is 959. The monoisotopic (exact) mass is 422 g/mol. The lowest BCUT2D eigenvalue weighted by Gasteiger charge is -2.36. The average Bonchev–Trinajstić information content (AvgIpc) is 2.70. The van der Waals surface area contributed by atoms with E-state index in [1.807, 2.05) is 0 Å². The molecule has 28 heavy (non-hydrogen) atoms. The summed E-state index contributed by atoms with van der Waals surface area (Å²) in [4.78, 5) is 2.54. The molecule has 1 saturated heterocycles. The Morgan fingerprint density at radius 2 is 1.75 bits per heavy atom. The Labute approximate surface area is 171 Å². The zero-order chi connectivity index (χ0) is 19.7. The first-order valence-electron chi connectivity index (χ1n) is 9.68. The highest BCUT2D eigenvalue weighted by molar-refractivity contribution is 7.89. The summed E-state index contributed by atoms with van der Waals surface area (Å²) in [5.41, 5.74) is 2.85. The first-order valence-corrected chi connectivity index (χ1v) is 11.5. The van der Waals surface area contributed by atoms with Gasteiger partial charge in [-0.25, -0.2) is 12.8 Å². The maximum Gasteiger partial charge on any atom is 0.243 e. The maximum absolute atomic E-state index is 13.4. The molecule has 0 aromatic heterocycles. The summed E-state index contributed by atoms with van der Waals surface area (Å²) in [5.74, 6) is -0.115. The van der Waals surface area contributed by atoms with Gasteiger partial charge in [-0.1, -0.05) is 35.9 Å². The zero-order valence-electron chi connectivity index (χ0n) is 15.7. The molecule has 0 bridgehead atoms. The van der Waals surface area contributed by atoms with Gasteiger partial charge in [-0.15, -0.1) is 0 Å². The molecule has 1 fully saturated rings. The second kappa shape index (κ2) is 8.11. The van der Waals surface area contributed by atoms with Gasteiger partial charge in [-0.3, -0.25) is 4.90 Å². The molecule has 2 aliphatic heterocycles. The second-order valence-corrected chi connectivity index (χ2v) is 10.0. The molecule has 2 aliphatic rings. The molecule has 2 aromatic rings. The third-order valence-electron chi connectivity index (χ3n) is 5.83. The molecule has 7 heteroatoms. The van der Waals surface area contributed by atoms with Crippen LogP contribution in [0.5, 0.6) is 0 Å². The van der Waals surface area contributed by atoms with Crippen molar-refractivity contribution in [3.63, 3.8) is 0 Å². The van der Waals surface area contributed by atoms with E-state index >= 15 is 0 Å². The van der Waals surface area contributed by atoms with E-state index in [2.05, 4.69) is 29.2 Å². The minimum Gasteiger partial charge on any atom is -0.298 e. The van der Waals surface area contributed by atoms with Gasteiger partial charge in [0.05, 0.1) is 9.92 Å². The Morgan fingerprint density at radius 3 is 2.46 bits per heavy atom. The van der Waals surface area contributed by atoms with Crippen LogP contribution in [0.2, 0.25) is 5.02 Å². The van der Waals surface area contributed by atoms with Crippen LogP contribution in [0.3, 0.4) is 0 Å². The molecule has 4 rings (SSSR count). The summed E-state index contributed by atoms with van der Waals surface area (Å²) in [5, 5.41) is -0.165. The number of piperidine rings is 1. The van der Waals surface area contributed by atoms with E-state index in [1.165, 1.54) is 27.6 Å². The van der Waals surface area contributed by atoms with Gasteiger partial charge in [-0.05, 0) is 54.5 Å². The highest BCUT2D eigenvalue weighted by Crippen LogP contribution is 2.28. The molecular formula is C21H24ClFN2O2S. The predicted molar refractivity (Wildman–Crippen MR) is 108 cm³/mol. The van der Waals surface area contributed by atoms with Gasteiger partial charge in [0, 0.05) is 32.7 Å². The summed E-state index contributed by atoms with van der Waals surface area (Å²) in [6, 6.07) is 12.2. The van der Waals surface area contributed by atoms with Gasteiger partial charge >= 0.3 is 0 Å². The molecule has 150 valence electrons. The van der Waals surface area contributed by atoms with E-state index in [0.29, 0.717) is 19.0 Å². The first-order chi connectivity index (χ1) is 13.4. The van der Waals surface area contributed by atoms with Gasteiger partial charge in [0.1, 0.15) is 5.82 Å². The van der Waals surface area contributed by atoms with E-state index in [0.717, 1.165) is 45.0 Å². The van der Waals surface area contributed by atoms with Crippen LogP contribution >= 0.6 is 11.6 Å². The minimum absolute atomic E-state index is 0.0602. The number of rotatable bonds is 4. The van der Waals surface area contributed by atoms with Crippen LogP contribution < -0.4 is 0 Å². The SMILES string of the molecule is O=S(=O)(c1ccc(F)c(Cl)c1)N1CCC(CN2CCc3ccccc3C2)CC1. The lowest BCUT2D eigenvalue weighted by atomic mass is 9.94. The van der Waals surface area contributed by atoms with E-state index in [-0.39, 0.29) is 9.92 Å². The number of sulfonamides is 1. The Morgan fingerprint density at radius 1 is 1.04 bits per heavy atom. The normalized spacial score (nSPS) is 19.5. The standard InChI is InChI=1S/C21H24ClFN2O2S/c22-20-13-19(5-6-21(20)23)28(26,27)25-11-7-16(8-12-25)14-24-10-9-17-3-1-2-4-18(17)15-24/h1-6,13,16H,7-12,14-15H2. The fourth-order valence-electron chi connectivity index (χ4n) is 4.19. The summed E-state index contributed by atoms with van der Waals surface area (Å²) < 4.78 is 40.5. The lowest BCUT2D eigenvalue weighted by Crippen LogP contribution is -2.42. The van der Waals surface area contributed by atoms with E-state index in [4.69, 9.17) is 11.6 Å². The number of fused-ring (bicyclic) bond motifs is 1. The van der Waals surface area contributed by atoms with Crippen LogP contribution in [0.4, 0.5) is 4.39 Å². The molecule has 0 aliphatic carbocycles. The molecule has 0 atom stereocenters. The third-order valence-corrected chi connectivity index (χ3v) is 8.01. The van der Waals surface area contributed by atoms with Crippen molar-refractivity contribution < 1.29 is 12.8 Å². The van der Waals surface area contributed by atoms with Crippen molar-refractivity contribution >= 4 is 21.6 Å². The number of nitrogens with zero attached hydrogens (tertiary/aromatic N) is 2. The van der Waals surface area contributed by atoms with Crippen molar-refractivity contribution in [2.75, 3.05) is 26.2 Å². The quantitative estimate of drug-likeness (QED) is 0.749. The number of benzene rings is 2. The second-order valence-electron chi connectivity index (χ2n) is 7.68. The van der Waals surface area contributed by atoms with Crippen molar-refractivity contribution in [2.45, 2.75) is 30.7 Å². The van der Waals surface area contributed by atoms with E-state index in [1.54, 1.807) is 0 Å². The van der Waals surface area contributed by atoms with Crippen molar-refractivity contribution in [3.8, 4) is 0 Å². The fourth-order valence-corrected chi connectivity index (χ4v) is 5.94. The van der Waals surface area contributed by atoms with Crippen LogP contribution in [-0.2, 0) is 23.0 Å². The number of halogens is 2. The van der Waals surface area contributed by atoms with Gasteiger partial charge in [0.15, 0.2) is 0 Å². The number of hydrogen-bond acceptors (Lipinski definition) is 3. The Kier molecular flexibility index (Phi) is 5.74. The van der Waals surface area contributed by atoms with Gasteiger partial charge < -0.3 is 0 Å². The summed E-state index contributed by atoms with van der Waals surface area (Å²) in [7, 11) is -3.63. The molecule has 0 N–H and O–H groups in total. The summed E-state index contributed by atoms with van der Waals surface area (Å²) in [6.45, 7) is 4.02. The largest absolute Gasteiger partial charge is 0.298 e. The highest BCUT2D eigenvalue weighted by Gasteiger charge is 2.31. The molecular weight excluding hydrogens is 399 g/mol. The fraction of sp³-hybridized carbons (Fsp3) is 0.429. The topological polar surface area (TPSA) is 40.6 Å². The van der Waals surface area contributed by atoms with Crippen molar-refractivity contribution in [3.05, 3.63) is 64.4 Å². The highest BCUT2D eigenvalue weighted by atomic mass is 35.5. The smallest absolute Gasteiger partial charge is 0.243 e. The Hall–Kier alpha value is -1.47. The van der Waals surface area contributed by atoms with Crippen molar-refractivity contribution in [1.82, 2.24) is 9.21 Å². The number of hydrogen-bond donors (Lipinski definition) is 0. The molecule has 4 nitrogen and oxygen atoms in total. The first kappa shape index (κ1) is 19.8. The average molecular weight is 423 g/mol. The van der Waals surface area contributed by atoms with Gasteiger partial charge in [0.2, 0.25) is 10.0 Å². The molecule has 0 spiro atoms. The van der Waals surface area contributed by atoms with E-state index in [9.17, 15) is 12.8 Å². The van der Waals surface area contributed by atoms with Crippen LogP contribution in [0, 0.1) is 11.7 Å². The Balaban J connectivity index is 1.35. The molecule has 2 heterocycles. The predicted octanol–water partition coefficient (Wildman–Crippen LogP) is 3.94. The third kappa shape index (κ3) is 4.10. The van der Waals surface area contributed by atoms with E-state index < -0.39 is 15.8 Å². The maximum atomic E-state index is 13.4. The minimum atomic E-state index is -3.63. The lowest BCUT2D eigenvalue weighted by molar-refractivity contribution is 0.171. The van der Waals surface area contributed by atoms with Crippen LogP contribution in [0.1, 0.15) is 24.0 Å². The molecule has 0 radical (unpaired) electrons. The van der Waals surface area contributed by atoms with Crippen LogP contribution in [0.25, 0.3) is 0 Å². The van der Waals surface area contributed by atoms with Crippen LogP contribution in [-0.4, -0.2) is 43.8 Å². The van der Waals surface area contributed by atoms with Gasteiger partial charge in [0.25, 0.3) is 0 Å². The van der Waals surface area contributed by atoms with Crippen molar-refractivity contribution in [2.24, 2.45) is 5.92 Å². The molecule has 0 unspecified atom stereocenters. The molecule has 0 saturated carbocycles.